The molecule has 1 heterocycles. The van der Waals surface area contributed by atoms with Crippen LogP contribution in [0.4, 0.5) is 0 Å². The largest absolute Gasteiger partial charge is 0.549 e. The van der Waals surface area contributed by atoms with Crippen LogP contribution in [0, 0.1) is 0 Å². The highest BCUT2D eigenvalue weighted by Crippen LogP contribution is 2.33. The molecule has 0 spiro atoms. The molecule has 3 rings (SSSR count). The fourth-order valence-electron chi connectivity index (χ4n) is 2.91. The van der Waals surface area contributed by atoms with Crippen LogP contribution in [0.2, 0.25) is 5.02 Å². The zero-order valence-corrected chi connectivity index (χ0v) is 15.2. The van der Waals surface area contributed by atoms with E-state index in [0.29, 0.717) is 16.1 Å². The average Bonchev–Trinajstić information content (AvgIpc) is 3.03. The predicted molar refractivity (Wildman–Crippen MR) is 96.0 cm³/mol. The molecular formula is C17H18ClN4O2S-. The maximum Gasteiger partial charge on any atom is 0.212 e. The zero-order chi connectivity index (χ0) is 17.6. The van der Waals surface area contributed by atoms with E-state index < -0.39 is 5.97 Å². The fourth-order valence-corrected chi connectivity index (χ4v) is 3.71. The number of carboxylic acids is 1. The number of carboxylic acid groups (broad SMARTS) is 1. The normalized spacial score (nSPS) is 15.7. The van der Waals surface area contributed by atoms with Crippen molar-refractivity contribution in [3.63, 3.8) is 0 Å². The van der Waals surface area contributed by atoms with E-state index in [4.69, 9.17) is 11.6 Å². The van der Waals surface area contributed by atoms with Gasteiger partial charge >= 0.3 is 0 Å². The first-order valence-electron chi connectivity index (χ1n) is 8.22. The Morgan fingerprint density at radius 3 is 2.80 bits per heavy atom. The molecule has 0 N–H and O–H groups in total. The number of aliphatic carboxylic acids is 1. The number of hydrogen-bond donors (Lipinski definition) is 0. The van der Waals surface area contributed by atoms with Gasteiger partial charge in [-0.2, -0.15) is 9.78 Å². The van der Waals surface area contributed by atoms with E-state index in [0.717, 1.165) is 48.8 Å². The molecule has 0 atom stereocenters. The smallest absolute Gasteiger partial charge is 0.212 e. The van der Waals surface area contributed by atoms with Crippen LogP contribution in [-0.4, -0.2) is 32.8 Å². The number of thioether (sulfide) groups is 1. The van der Waals surface area contributed by atoms with Gasteiger partial charge in [0.2, 0.25) is 5.16 Å². The van der Waals surface area contributed by atoms with E-state index in [9.17, 15) is 9.90 Å². The number of benzene rings is 1. The van der Waals surface area contributed by atoms with Crippen molar-refractivity contribution in [1.29, 1.82) is 0 Å². The summed E-state index contributed by atoms with van der Waals surface area (Å²) in [4.78, 5) is 10.8. The number of rotatable bonds is 6. The zero-order valence-electron chi connectivity index (χ0n) is 13.6. The van der Waals surface area contributed by atoms with Gasteiger partial charge in [0.05, 0.1) is 12.2 Å². The summed E-state index contributed by atoms with van der Waals surface area (Å²) in [5.41, 5.74) is 0.781. The Bertz CT molecular complexity index is 772. The van der Waals surface area contributed by atoms with Crippen LogP contribution in [0.3, 0.4) is 0 Å². The highest BCUT2D eigenvalue weighted by atomic mass is 35.5. The molecule has 8 heteroatoms. The van der Waals surface area contributed by atoms with E-state index >= 15 is 0 Å². The third-order valence-corrected chi connectivity index (χ3v) is 5.38. The summed E-state index contributed by atoms with van der Waals surface area (Å²) in [5, 5.41) is 24.7. The summed E-state index contributed by atoms with van der Waals surface area (Å²) in [5.74, 6) is -0.260. The van der Waals surface area contributed by atoms with E-state index in [1.807, 2.05) is 18.2 Å². The van der Waals surface area contributed by atoms with Gasteiger partial charge in [0, 0.05) is 22.3 Å². The fraction of sp³-hybridized carbons (Fsp3) is 0.412. The van der Waals surface area contributed by atoms with E-state index in [2.05, 4.69) is 15.3 Å². The average molecular weight is 378 g/mol. The Morgan fingerprint density at radius 1 is 1.32 bits per heavy atom. The maximum absolute atomic E-state index is 10.8. The van der Waals surface area contributed by atoms with E-state index in [1.54, 1.807) is 17.0 Å². The Morgan fingerprint density at radius 2 is 2.08 bits per heavy atom. The minimum Gasteiger partial charge on any atom is -0.549 e. The Hall–Kier alpha value is -1.86. The van der Waals surface area contributed by atoms with Crippen molar-refractivity contribution in [2.75, 3.05) is 5.75 Å². The minimum absolute atomic E-state index is 0.190. The van der Waals surface area contributed by atoms with E-state index in [-0.39, 0.29) is 5.75 Å². The molecule has 0 amide bonds. The second-order valence-electron chi connectivity index (χ2n) is 5.91. The molecule has 1 aromatic heterocycles. The third kappa shape index (κ3) is 4.61. The van der Waals surface area contributed by atoms with Crippen LogP contribution >= 0.6 is 23.4 Å². The summed E-state index contributed by atoms with van der Waals surface area (Å²) in [7, 11) is 0. The van der Waals surface area contributed by atoms with Gasteiger partial charge in [-0.25, -0.2) is 0 Å². The van der Waals surface area contributed by atoms with Crippen molar-refractivity contribution in [1.82, 2.24) is 14.9 Å². The number of carbonyl (C=O) groups excluding carboxylic acids is 1. The Labute approximate surface area is 155 Å². The molecule has 0 aliphatic heterocycles. The van der Waals surface area contributed by atoms with Crippen LogP contribution in [0.15, 0.2) is 34.5 Å². The number of halogens is 1. The molecule has 1 aliphatic rings. The molecule has 132 valence electrons. The molecular weight excluding hydrogens is 360 g/mol. The summed E-state index contributed by atoms with van der Waals surface area (Å²) in [6.45, 7) is 0. The quantitative estimate of drug-likeness (QED) is 0.571. The molecule has 0 radical (unpaired) electrons. The topological polar surface area (TPSA) is 83.2 Å². The minimum atomic E-state index is -1.14. The molecule has 0 bridgehead atoms. The Balaban J connectivity index is 1.91. The van der Waals surface area contributed by atoms with Crippen LogP contribution < -0.4 is 5.11 Å². The van der Waals surface area contributed by atoms with Gasteiger partial charge in [0.15, 0.2) is 5.82 Å². The molecule has 1 saturated carbocycles. The van der Waals surface area contributed by atoms with Crippen molar-refractivity contribution in [2.24, 2.45) is 5.10 Å². The van der Waals surface area contributed by atoms with E-state index in [1.165, 1.54) is 6.42 Å². The predicted octanol–water partition coefficient (Wildman–Crippen LogP) is 2.70. The van der Waals surface area contributed by atoms with Gasteiger partial charge in [-0.05, 0) is 18.9 Å². The van der Waals surface area contributed by atoms with Crippen molar-refractivity contribution < 1.29 is 9.90 Å². The van der Waals surface area contributed by atoms with Gasteiger partial charge in [0.1, 0.15) is 0 Å². The van der Waals surface area contributed by atoms with Gasteiger partial charge in [-0.15, -0.1) is 10.2 Å². The lowest BCUT2D eigenvalue weighted by Crippen LogP contribution is -2.24. The summed E-state index contributed by atoms with van der Waals surface area (Å²) in [6.07, 6.45) is 7.30. The molecule has 25 heavy (non-hydrogen) atoms. The van der Waals surface area contributed by atoms with Crippen LogP contribution in [-0.2, 0) is 4.79 Å². The van der Waals surface area contributed by atoms with Gasteiger partial charge in [-0.1, -0.05) is 60.8 Å². The molecule has 0 unspecified atom stereocenters. The monoisotopic (exact) mass is 377 g/mol. The lowest BCUT2D eigenvalue weighted by atomic mass is 9.89. The highest BCUT2D eigenvalue weighted by Gasteiger charge is 2.23. The molecule has 6 nitrogen and oxygen atoms in total. The third-order valence-electron chi connectivity index (χ3n) is 4.14. The van der Waals surface area contributed by atoms with Crippen molar-refractivity contribution in [3.8, 4) is 0 Å². The van der Waals surface area contributed by atoms with Crippen molar-refractivity contribution >= 4 is 35.5 Å². The highest BCUT2D eigenvalue weighted by molar-refractivity contribution is 7.99. The standard InChI is InChI=1S/C17H19ClN4O2S/c18-14-9-5-4-8-13(14)10-19-22-16(12-6-2-1-3-7-12)20-21-17(22)25-11-15(23)24/h4-5,8-10,12H,1-3,6-7,11H2,(H,23,24)/p-1/b19-10-. The van der Waals surface area contributed by atoms with Gasteiger partial charge in [0.25, 0.3) is 0 Å². The first-order chi connectivity index (χ1) is 12.1. The van der Waals surface area contributed by atoms with Gasteiger partial charge < -0.3 is 9.90 Å². The number of nitrogens with zero attached hydrogens (tertiary/aromatic N) is 4. The number of carbonyl (C=O) groups is 1. The second-order valence-corrected chi connectivity index (χ2v) is 7.26. The number of aromatic nitrogens is 3. The van der Waals surface area contributed by atoms with Crippen LogP contribution in [0.25, 0.3) is 0 Å². The summed E-state index contributed by atoms with van der Waals surface area (Å²) in [6, 6.07) is 7.40. The van der Waals surface area contributed by atoms with Crippen LogP contribution in [0.1, 0.15) is 49.4 Å². The molecule has 1 aromatic carbocycles. The lowest BCUT2D eigenvalue weighted by Gasteiger charge is -2.20. The first kappa shape index (κ1) is 17.9. The summed E-state index contributed by atoms with van der Waals surface area (Å²) < 4.78 is 1.65. The Kier molecular flexibility index (Phi) is 6.09. The van der Waals surface area contributed by atoms with Gasteiger partial charge in [-0.3, -0.25) is 0 Å². The molecule has 1 aliphatic carbocycles. The second kappa shape index (κ2) is 8.49. The molecule has 1 fully saturated rings. The SMILES string of the molecule is O=C([O-])CSc1nnc(C2CCCCC2)n1/N=C\c1ccccc1Cl. The molecule has 2 aromatic rings. The number of hydrogen-bond acceptors (Lipinski definition) is 6. The maximum atomic E-state index is 10.8. The lowest BCUT2D eigenvalue weighted by molar-refractivity contribution is -0.301. The molecule has 0 saturated heterocycles. The first-order valence-corrected chi connectivity index (χ1v) is 9.58. The van der Waals surface area contributed by atoms with Crippen molar-refractivity contribution in [2.45, 2.75) is 43.2 Å². The summed E-state index contributed by atoms with van der Waals surface area (Å²) >= 11 is 7.23. The van der Waals surface area contributed by atoms with Crippen molar-refractivity contribution in [3.05, 3.63) is 40.7 Å². The van der Waals surface area contributed by atoms with Crippen LogP contribution in [0.5, 0.6) is 0 Å².